The standard InChI is InChI=1S/C12H17NO2S/c1-4-9(2)13-8-11-6-5-10(16-11)7-12(14)15-3/h4-6,9,13H,1,7-8H2,2-3H3. The lowest BCUT2D eigenvalue weighted by Gasteiger charge is -2.06. The third kappa shape index (κ3) is 4.16. The molecule has 0 amide bonds. The molecule has 1 heterocycles. The van der Waals surface area contributed by atoms with Gasteiger partial charge in [-0.05, 0) is 19.1 Å². The Morgan fingerprint density at radius 2 is 2.31 bits per heavy atom. The molecule has 0 aliphatic heterocycles. The average molecular weight is 239 g/mol. The van der Waals surface area contributed by atoms with E-state index < -0.39 is 0 Å². The summed E-state index contributed by atoms with van der Waals surface area (Å²) in [4.78, 5) is 13.3. The second-order valence-corrected chi connectivity index (χ2v) is 4.78. The van der Waals surface area contributed by atoms with Crippen LogP contribution in [-0.2, 0) is 22.5 Å². The molecule has 0 saturated heterocycles. The molecule has 0 spiro atoms. The molecule has 1 aromatic rings. The Morgan fingerprint density at radius 1 is 1.62 bits per heavy atom. The van der Waals surface area contributed by atoms with Gasteiger partial charge in [-0.2, -0.15) is 0 Å². The summed E-state index contributed by atoms with van der Waals surface area (Å²) in [5, 5.41) is 3.31. The van der Waals surface area contributed by atoms with Crippen molar-refractivity contribution in [3.05, 3.63) is 34.5 Å². The van der Waals surface area contributed by atoms with E-state index in [1.807, 2.05) is 18.2 Å². The summed E-state index contributed by atoms with van der Waals surface area (Å²) >= 11 is 1.63. The lowest BCUT2D eigenvalue weighted by atomic mass is 10.3. The van der Waals surface area contributed by atoms with Crippen molar-refractivity contribution in [2.45, 2.75) is 25.9 Å². The molecule has 0 aliphatic carbocycles. The van der Waals surface area contributed by atoms with Crippen molar-refractivity contribution >= 4 is 17.3 Å². The van der Waals surface area contributed by atoms with Gasteiger partial charge in [-0.3, -0.25) is 4.79 Å². The van der Waals surface area contributed by atoms with Gasteiger partial charge in [0.2, 0.25) is 0 Å². The predicted molar refractivity (Wildman–Crippen MR) is 66.5 cm³/mol. The molecule has 16 heavy (non-hydrogen) atoms. The number of rotatable bonds is 6. The van der Waals surface area contributed by atoms with E-state index in [2.05, 4.69) is 23.6 Å². The number of thiophene rings is 1. The second-order valence-electron chi connectivity index (χ2n) is 3.53. The zero-order valence-corrected chi connectivity index (χ0v) is 10.5. The van der Waals surface area contributed by atoms with E-state index in [-0.39, 0.29) is 5.97 Å². The molecule has 4 heteroatoms. The van der Waals surface area contributed by atoms with Crippen LogP contribution >= 0.6 is 11.3 Å². The van der Waals surface area contributed by atoms with Crippen molar-refractivity contribution in [3.63, 3.8) is 0 Å². The van der Waals surface area contributed by atoms with Crippen LogP contribution in [0.2, 0.25) is 0 Å². The lowest BCUT2D eigenvalue weighted by Crippen LogP contribution is -2.22. The minimum absolute atomic E-state index is 0.194. The number of hydrogen-bond donors (Lipinski definition) is 1. The summed E-state index contributed by atoms with van der Waals surface area (Å²) in [6, 6.07) is 4.30. The summed E-state index contributed by atoms with van der Waals surface area (Å²) in [7, 11) is 1.41. The van der Waals surface area contributed by atoms with Gasteiger partial charge in [-0.25, -0.2) is 0 Å². The van der Waals surface area contributed by atoms with Crippen molar-refractivity contribution in [1.82, 2.24) is 5.32 Å². The Kier molecular flexibility index (Phi) is 5.22. The Hall–Kier alpha value is -1.13. The normalized spacial score (nSPS) is 12.1. The molecule has 1 atom stereocenters. The van der Waals surface area contributed by atoms with Gasteiger partial charge in [0.05, 0.1) is 13.5 Å². The fourth-order valence-electron chi connectivity index (χ4n) is 1.17. The Labute approximate surface area is 100 Å². The van der Waals surface area contributed by atoms with Crippen molar-refractivity contribution in [3.8, 4) is 0 Å². The molecule has 0 radical (unpaired) electrons. The number of methoxy groups -OCH3 is 1. The zero-order chi connectivity index (χ0) is 12.0. The van der Waals surface area contributed by atoms with E-state index in [9.17, 15) is 4.79 Å². The first-order valence-electron chi connectivity index (χ1n) is 5.16. The zero-order valence-electron chi connectivity index (χ0n) is 9.66. The molecule has 1 N–H and O–H groups in total. The Balaban J connectivity index is 2.45. The highest BCUT2D eigenvalue weighted by molar-refractivity contribution is 7.12. The molecule has 88 valence electrons. The van der Waals surface area contributed by atoms with E-state index in [0.29, 0.717) is 12.5 Å². The van der Waals surface area contributed by atoms with Crippen molar-refractivity contribution in [1.29, 1.82) is 0 Å². The van der Waals surface area contributed by atoms with E-state index in [1.54, 1.807) is 11.3 Å². The van der Waals surface area contributed by atoms with Crippen LogP contribution in [0.25, 0.3) is 0 Å². The average Bonchev–Trinajstić information content (AvgIpc) is 2.73. The van der Waals surface area contributed by atoms with Crippen LogP contribution in [0.3, 0.4) is 0 Å². The summed E-state index contributed by atoms with van der Waals surface area (Å²) in [6.07, 6.45) is 2.22. The first-order valence-corrected chi connectivity index (χ1v) is 5.97. The van der Waals surface area contributed by atoms with Gasteiger partial charge >= 0.3 is 5.97 Å². The third-order valence-electron chi connectivity index (χ3n) is 2.22. The summed E-state index contributed by atoms with van der Waals surface area (Å²) < 4.78 is 4.62. The highest BCUT2D eigenvalue weighted by Gasteiger charge is 2.06. The first kappa shape index (κ1) is 12.9. The fourth-order valence-corrected chi connectivity index (χ4v) is 2.13. The topological polar surface area (TPSA) is 38.3 Å². The molecule has 0 aromatic carbocycles. The second kappa shape index (κ2) is 6.45. The smallest absolute Gasteiger partial charge is 0.310 e. The van der Waals surface area contributed by atoms with E-state index in [1.165, 1.54) is 12.0 Å². The van der Waals surface area contributed by atoms with Gasteiger partial charge in [0.15, 0.2) is 0 Å². The van der Waals surface area contributed by atoms with Gasteiger partial charge in [-0.15, -0.1) is 17.9 Å². The molecule has 1 unspecified atom stereocenters. The van der Waals surface area contributed by atoms with Crippen LogP contribution in [0.1, 0.15) is 16.7 Å². The molecular weight excluding hydrogens is 222 g/mol. The minimum Gasteiger partial charge on any atom is -0.469 e. The molecule has 1 rings (SSSR count). The number of esters is 1. The molecular formula is C12H17NO2S. The number of ether oxygens (including phenoxy) is 1. The number of carbonyl (C=O) groups is 1. The Bertz CT molecular complexity index is 360. The number of carbonyl (C=O) groups excluding carboxylic acids is 1. The molecule has 0 saturated carbocycles. The van der Waals surface area contributed by atoms with Crippen LogP contribution < -0.4 is 5.32 Å². The first-order chi connectivity index (χ1) is 7.65. The fraction of sp³-hybridized carbons (Fsp3) is 0.417. The molecule has 3 nitrogen and oxygen atoms in total. The predicted octanol–water partition coefficient (Wildman–Crippen LogP) is 2.13. The molecule has 1 aromatic heterocycles. The maximum Gasteiger partial charge on any atom is 0.310 e. The maximum absolute atomic E-state index is 11.1. The number of hydrogen-bond acceptors (Lipinski definition) is 4. The lowest BCUT2D eigenvalue weighted by molar-refractivity contribution is -0.139. The van der Waals surface area contributed by atoms with Gasteiger partial charge in [-0.1, -0.05) is 6.08 Å². The van der Waals surface area contributed by atoms with Gasteiger partial charge in [0.25, 0.3) is 0 Å². The Morgan fingerprint density at radius 3 is 2.94 bits per heavy atom. The highest BCUT2D eigenvalue weighted by atomic mass is 32.1. The minimum atomic E-state index is -0.194. The summed E-state index contributed by atoms with van der Waals surface area (Å²) in [5.74, 6) is -0.194. The van der Waals surface area contributed by atoms with E-state index >= 15 is 0 Å². The van der Waals surface area contributed by atoms with E-state index in [4.69, 9.17) is 0 Å². The van der Waals surface area contributed by atoms with Gasteiger partial charge in [0, 0.05) is 22.3 Å². The quantitative estimate of drug-likeness (QED) is 0.610. The monoisotopic (exact) mass is 239 g/mol. The maximum atomic E-state index is 11.1. The van der Waals surface area contributed by atoms with Crippen molar-refractivity contribution in [2.24, 2.45) is 0 Å². The SMILES string of the molecule is C=CC(C)NCc1ccc(CC(=O)OC)s1. The number of nitrogens with one attached hydrogen (secondary N) is 1. The van der Waals surface area contributed by atoms with Crippen LogP contribution in [0.5, 0.6) is 0 Å². The van der Waals surface area contributed by atoms with Crippen LogP contribution in [0.4, 0.5) is 0 Å². The van der Waals surface area contributed by atoms with Gasteiger partial charge in [0.1, 0.15) is 0 Å². The molecule has 0 aliphatic rings. The van der Waals surface area contributed by atoms with E-state index in [0.717, 1.165) is 11.4 Å². The van der Waals surface area contributed by atoms with Crippen molar-refractivity contribution in [2.75, 3.05) is 7.11 Å². The van der Waals surface area contributed by atoms with Crippen LogP contribution in [-0.4, -0.2) is 19.1 Å². The molecule has 0 bridgehead atoms. The molecule has 0 fully saturated rings. The van der Waals surface area contributed by atoms with Gasteiger partial charge < -0.3 is 10.1 Å². The summed E-state index contributed by atoms with van der Waals surface area (Å²) in [6.45, 7) is 6.56. The van der Waals surface area contributed by atoms with Crippen molar-refractivity contribution < 1.29 is 9.53 Å². The van der Waals surface area contributed by atoms with Crippen LogP contribution in [0.15, 0.2) is 24.8 Å². The van der Waals surface area contributed by atoms with Crippen LogP contribution in [0, 0.1) is 0 Å². The third-order valence-corrected chi connectivity index (χ3v) is 3.30. The highest BCUT2D eigenvalue weighted by Crippen LogP contribution is 2.17. The summed E-state index contributed by atoms with van der Waals surface area (Å²) in [5.41, 5.74) is 0. The largest absolute Gasteiger partial charge is 0.469 e.